The molecule has 0 spiro atoms. The van der Waals surface area contributed by atoms with E-state index in [1.54, 1.807) is 6.07 Å². The minimum absolute atomic E-state index is 0.0884. The van der Waals surface area contributed by atoms with Gasteiger partial charge in [0.2, 0.25) is 0 Å². The van der Waals surface area contributed by atoms with Gasteiger partial charge in [0, 0.05) is 9.13 Å². The quantitative estimate of drug-likeness (QED) is 0.827. The highest BCUT2D eigenvalue weighted by molar-refractivity contribution is 14.1. The van der Waals surface area contributed by atoms with Crippen LogP contribution in [-0.4, -0.2) is 0 Å². The third-order valence-corrected chi connectivity index (χ3v) is 3.19. The predicted molar refractivity (Wildman–Crippen MR) is 71.5 cm³/mol. The summed E-state index contributed by atoms with van der Waals surface area (Å²) in [5.41, 5.74) is 6.51. The Morgan fingerprint density at radius 3 is 2.18 bits per heavy atom. The van der Waals surface area contributed by atoms with E-state index in [4.69, 9.17) is 5.73 Å². The number of halogens is 3. The molecule has 0 heterocycles. The summed E-state index contributed by atoms with van der Waals surface area (Å²) < 4.78 is 28.1. The van der Waals surface area contributed by atoms with Crippen LogP contribution in [0.15, 0.2) is 42.5 Å². The molecule has 2 aromatic carbocycles. The van der Waals surface area contributed by atoms with Crippen LogP contribution >= 0.6 is 22.6 Å². The second kappa shape index (κ2) is 5.10. The molecule has 0 aromatic heterocycles. The fourth-order valence-electron chi connectivity index (χ4n) is 1.67. The van der Waals surface area contributed by atoms with Crippen LogP contribution in [0, 0.1) is 15.2 Å². The highest BCUT2D eigenvalue weighted by Gasteiger charge is 2.17. The van der Waals surface area contributed by atoms with E-state index in [2.05, 4.69) is 22.6 Å². The molecule has 0 bridgehead atoms. The van der Waals surface area contributed by atoms with Crippen LogP contribution in [0.4, 0.5) is 8.78 Å². The van der Waals surface area contributed by atoms with E-state index in [1.807, 2.05) is 18.2 Å². The molecule has 1 nitrogen and oxygen atoms in total. The Morgan fingerprint density at radius 2 is 1.59 bits per heavy atom. The Hall–Kier alpha value is -1.01. The first-order valence-corrected chi connectivity index (χ1v) is 6.12. The van der Waals surface area contributed by atoms with Crippen LogP contribution in [0.1, 0.15) is 17.2 Å². The van der Waals surface area contributed by atoms with Crippen molar-refractivity contribution in [3.05, 3.63) is 68.8 Å². The minimum atomic E-state index is -0.786. The molecule has 4 heteroatoms. The Morgan fingerprint density at radius 1 is 1.00 bits per heavy atom. The van der Waals surface area contributed by atoms with Gasteiger partial charge >= 0.3 is 0 Å². The van der Waals surface area contributed by atoms with E-state index in [-0.39, 0.29) is 5.56 Å². The number of rotatable bonds is 2. The summed E-state index contributed by atoms with van der Waals surface area (Å²) >= 11 is 2.13. The molecule has 2 rings (SSSR count). The van der Waals surface area contributed by atoms with Gasteiger partial charge in [-0.2, -0.15) is 0 Å². The van der Waals surface area contributed by atoms with Gasteiger partial charge < -0.3 is 5.73 Å². The van der Waals surface area contributed by atoms with E-state index in [0.717, 1.165) is 3.57 Å². The molecule has 0 aliphatic carbocycles. The second-order valence-electron chi connectivity index (χ2n) is 3.67. The van der Waals surface area contributed by atoms with E-state index in [9.17, 15) is 8.78 Å². The molecular weight excluding hydrogens is 335 g/mol. The SMILES string of the molecule is NC(c1cccc(I)c1)c1c(F)cccc1F. The summed E-state index contributed by atoms with van der Waals surface area (Å²) in [4.78, 5) is 0. The first kappa shape index (κ1) is 12.4. The van der Waals surface area contributed by atoms with Gasteiger partial charge in [-0.25, -0.2) is 8.78 Å². The maximum atomic E-state index is 13.6. The zero-order chi connectivity index (χ0) is 12.4. The third kappa shape index (κ3) is 2.63. The zero-order valence-corrected chi connectivity index (χ0v) is 11.0. The molecular formula is C13H10F2IN. The number of benzene rings is 2. The lowest BCUT2D eigenvalue weighted by Gasteiger charge is -2.14. The van der Waals surface area contributed by atoms with Crippen molar-refractivity contribution in [2.45, 2.75) is 6.04 Å². The van der Waals surface area contributed by atoms with Crippen molar-refractivity contribution in [2.24, 2.45) is 5.73 Å². The summed E-state index contributed by atoms with van der Waals surface area (Å²) in [6, 6.07) is 10.3. The Bertz CT molecular complexity index is 522. The van der Waals surface area contributed by atoms with E-state index in [0.29, 0.717) is 5.56 Å². The van der Waals surface area contributed by atoms with E-state index in [1.165, 1.54) is 18.2 Å². The van der Waals surface area contributed by atoms with Crippen molar-refractivity contribution in [1.82, 2.24) is 0 Å². The highest BCUT2D eigenvalue weighted by Crippen LogP contribution is 2.25. The fourth-order valence-corrected chi connectivity index (χ4v) is 2.24. The molecule has 0 radical (unpaired) electrons. The van der Waals surface area contributed by atoms with E-state index < -0.39 is 17.7 Å². The van der Waals surface area contributed by atoms with Crippen molar-refractivity contribution in [3.8, 4) is 0 Å². The van der Waals surface area contributed by atoms with Crippen molar-refractivity contribution < 1.29 is 8.78 Å². The Balaban J connectivity index is 2.47. The van der Waals surface area contributed by atoms with Gasteiger partial charge in [0.05, 0.1) is 6.04 Å². The van der Waals surface area contributed by atoms with Crippen LogP contribution in [-0.2, 0) is 0 Å². The predicted octanol–water partition coefficient (Wildman–Crippen LogP) is 3.62. The normalized spacial score (nSPS) is 12.5. The molecule has 0 saturated carbocycles. The first-order valence-electron chi connectivity index (χ1n) is 5.04. The van der Waals surface area contributed by atoms with Gasteiger partial charge in [0.1, 0.15) is 11.6 Å². The minimum Gasteiger partial charge on any atom is -0.320 e. The average molecular weight is 345 g/mol. The topological polar surface area (TPSA) is 26.0 Å². The third-order valence-electron chi connectivity index (χ3n) is 2.52. The van der Waals surface area contributed by atoms with Crippen LogP contribution < -0.4 is 5.73 Å². The highest BCUT2D eigenvalue weighted by atomic mass is 127. The summed E-state index contributed by atoms with van der Waals surface area (Å²) in [6.45, 7) is 0. The van der Waals surface area contributed by atoms with Gasteiger partial charge in [-0.1, -0.05) is 18.2 Å². The molecule has 0 saturated heterocycles. The number of nitrogens with two attached hydrogens (primary N) is 1. The van der Waals surface area contributed by atoms with Crippen LogP contribution in [0.25, 0.3) is 0 Å². The standard InChI is InChI=1S/C13H10F2IN/c14-10-5-2-6-11(15)12(10)13(17)8-3-1-4-9(16)7-8/h1-7,13H,17H2. The van der Waals surface area contributed by atoms with Crippen molar-refractivity contribution >= 4 is 22.6 Å². The molecule has 0 aliphatic heterocycles. The summed E-state index contributed by atoms with van der Waals surface area (Å²) in [5, 5.41) is 0. The van der Waals surface area contributed by atoms with Crippen LogP contribution in [0.5, 0.6) is 0 Å². The average Bonchev–Trinajstić information content (AvgIpc) is 2.28. The number of hydrogen-bond donors (Lipinski definition) is 1. The van der Waals surface area contributed by atoms with Gasteiger partial charge in [-0.3, -0.25) is 0 Å². The van der Waals surface area contributed by atoms with Gasteiger partial charge in [-0.15, -0.1) is 0 Å². The van der Waals surface area contributed by atoms with Gasteiger partial charge in [-0.05, 0) is 52.4 Å². The molecule has 1 atom stereocenters. The molecule has 0 aliphatic rings. The molecule has 1 unspecified atom stereocenters. The maximum Gasteiger partial charge on any atom is 0.131 e. The smallest absolute Gasteiger partial charge is 0.131 e. The lowest BCUT2D eigenvalue weighted by Crippen LogP contribution is -2.15. The van der Waals surface area contributed by atoms with Crippen molar-refractivity contribution in [3.63, 3.8) is 0 Å². The first-order chi connectivity index (χ1) is 8.09. The summed E-state index contributed by atoms with van der Waals surface area (Å²) in [7, 11) is 0. The fraction of sp³-hybridized carbons (Fsp3) is 0.0769. The lowest BCUT2D eigenvalue weighted by atomic mass is 9.99. The van der Waals surface area contributed by atoms with Crippen molar-refractivity contribution in [2.75, 3.05) is 0 Å². The van der Waals surface area contributed by atoms with Crippen LogP contribution in [0.2, 0.25) is 0 Å². The lowest BCUT2D eigenvalue weighted by molar-refractivity contribution is 0.543. The van der Waals surface area contributed by atoms with Crippen LogP contribution in [0.3, 0.4) is 0 Å². The molecule has 17 heavy (non-hydrogen) atoms. The molecule has 88 valence electrons. The molecule has 2 aromatic rings. The zero-order valence-electron chi connectivity index (χ0n) is 8.83. The van der Waals surface area contributed by atoms with E-state index >= 15 is 0 Å². The monoisotopic (exact) mass is 345 g/mol. The molecule has 0 amide bonds. The maximum absolute atomic E-state index is 13.6. The second-order valence-corrected chi connectivity index (χ2v) is 4.91. The molecule has 2 N–H and O–H groups in total. The van der Waals surface area contributed by atoms with Crippen molar-refractivity contribution in [1.29, 1.82) is 0 Å². The number of hydrogen-bond acceptors (Lipinski definition) is 1. The van der Waals surface area contributed by atoms with Gasteiger partial charge in [0.25, 0.3) is 0 Å². The van der Waals surface area contributed by atoms with Gasteiger partial charge in [0.15, 0.2) is 0 Å². The largest absolute Gasteiger partial charge is 0.320 e. The molecule has 0 fully saturated rings. The summed E-state index contributed by atoms with van der Waals surface area (Å²) in [5.74, 6) is -1.23. The Kier molecular flexibility index (Phi) is 3.73. The Labute approximate surface area is 112 Å². The summed E-state index contributed by atoms with van der Waals surface area (Å²) in [6.07, 6.45) is 0.